The Morgan fingerprint density at radius 1 is 1.15 bits per heavy atom. The van der Waals surface area contributed by atoms with Crippen molar-refractivity contribution >= 4 is 27.7 Å². The van der Waals surface area contributed by atoms with Crippen LogP contribution in [0.3, 0.4) is 0 Å². The zero-order valence-corrected chi connectivity index (χ0v) is 21.5. The number of fused-ring (bicyclic) bond motifs is 1. The maximum Gasteiger partial charge on any atom is 0.255 e. The van der Waals surface area contributed by atoms with Gasteiger partial charge in [-0.05, 0) is 43.4 Å². The van der Waals surface area contributed by atoms with Crippen molar-refractivity contribution in [1.29, 1.82) is 0 Å². The van der Waals surface area contributed by atoms with Crippen molar-refractivity contribution in [1.82, 2.24) is 9.62 Å². The molecule has 0 bridgehead atoms. The largest absolute Gasteiger partial charge is 0.487 e. The molecule has 2 aliphatic heterocycles. The number of nitrogens with one attached hydrogen (secondary N) is 1. The summed E-state index contributed by atoms with van der Waals surface area (Å²) >= 11 is 1.43. The molecule has 2 aromatic rings. The molecule has 0 saturated carbocycles. The van der Waals surface area contributed by atoms with Crippen LogP contribution >= 0.6 is 11.8 Å². The number of hydrogen-bond acceptors (Lipinski definition) is 6. The van der Waals surface area contributed by atoms with Gasteiger partial charge in [-0.2, -0.15) is 0 Å². The molecular formula is C25H32N2O5S2. The first-order valence-corrected chi connectivity index (χ1v) is 14.4. The van der Waals surface area contributed by atoms with Gasteiger partial charge >= 0.3 is 0 Å². The van der Waals surface area contributed by atoms with Crippen LogP contribution in [0.15, 0.2) is 52.3 Å². The van der Waals surface area contributed by atoms with Crippen LogP contribution < -0.4 is 9.46 Å². The third-order valence-corrected chi connectivity index (χ3v) is 9.06. The zero-order chi connectivity index (χ0) is 24.3. The molecule has 4 rings (SSSR count). The fourth-order valence-electron chi connectivity index (χ4n) is 4.62. The van der Waals surface area contributed by atoms with Gasteiger partial charge in [-0.25, -0.2) is 13.1 Å². The minimum Gasteiger partial charge on any atom is -0.487 e. The SMILES string of the molecule is CCC1(CC)C[C@H](NS(=O)(=O)c2ccc(SC)c(C(=O)N3CCOCC3)c2)c2ccccc2O1. The van der Waals surface area contributed by atoms with E-state index in [1.54, 1.807) is 17.0 Å². The Hall–Kier alpha value is -2.07. The normalized spacial score (nSPS) is 19.9. The molecule has 0 unspecified atom stereocenters. The highest BCUT2D eigenvalue weighted by atomic mass is 32.2. The lowest BCUT2D eigenvalue weighted by atomic mass is 9.84. The number of sulfonamides is 1. The van der Waals surface area contributed by atoms with Crippen molar-refractivity contribution < 1.29 is 22.7 Å². The maximum atomic E-state index is 13.5. The highest BCUT2D eigenvalue weighted by molar-refractivity contribution is 7.98. The molecule has 0 radical (unpaired) electrons. The average Bonchev–Trinajstić information content (AvgIpc) is 2.88. The minimum absolute atomic E-state index is 0.0875. The molecule has 0 aromatic heterocycles. The number of rotatable bonds is 7. The molecule has 184 valence electrons. The fourth-order valence-corrected chi connectivity index (χ4v) is 6.43. The molecule has 1 fully saturated rings. The van der Waals surface area contributed by atoms with E-state index < -0.39 is 21.7 Å². The molecule has 1 N–H and O–H groups in total. The molecule has 1 atom stereocenters. The number of amides is 1. The van der Waals surface area contributed by atoms with Gasteiger partial charge in [0.25, 0.3) is 5.91 Å². The van der Waals surface area contributed by atoms with Crippen LogP contribution in [0.2, 0.25) is 0 Å². The third kappa shape index (κ3) is 4.98. The lowest BCUT2D eigenvalue weighted by Gasteiger charge is -2.41. The molecule has 1 amide bonds. The number of morpholine rings is 1. The number of nitrogens with zero attached hydrogens (tertiary/aromatic N) is 1. The molecule has 34 heavy (non-hydrogen) atoms. The molecule has 1 saturated heterocycles. The van der Waals surface area contributed by atoms with E-state index in [2.05, 4.69) is 18.6 Å². The van der Waals surface area contributed by atoms with E-state index in [-0.39, 0.29) is 10.8 Å². The molecule has 2 heterocycles. The van der Waals surface area contributed by atoms with Crippen molar-refractivity contribution in [2.45, 2.75) is 54.5 Å². The number of ether oxygens (including phenoxy) is 2. The molecule has 0 spiro atoms. The van der Waals surface area contributed by atoms with E-state index in [1.807, 2.05) is 30.5 Å². The van der Waals surface area contributed by atoms with Gasteiger partial charge in [0.1, 0.15) is 11.4 Å². The number of carbonyl (C=O) groups is 1. The van der Waals surface area contributed by atoms with Crippen LogP contribution in [-0.4, -0.2) is 57.4 Å². The average molecular weight is 505 g/mol. The lowest BCUT2D eigenvalue weighted by molar-refractivity contribution is 0.0260. The molecule has 9 heteroatoms. The number of thioether (sulfide) groups is 1. The van der Waals surface area contributed by atoms with E-state index in [0.717, 1.165) is 23.3 Å². The van der Waals surface area contributed by atoms with E-state index in [1.165, 1.54) is 17.8 Å². The summed E-state index contributed by atoms with van der Waals surface area (Å²) in [4.78, 5) is 15.8. The summed E-state index contributed by atoms with van der Waals surface area (Å²) in [6.45, 7) is 6.09. The number of para-hydroxylation sites is 1. The number of carbonyl (C=O) groups excluding carboxylic acids is 1. The minimum atomic E-state index is -3.89. The van der Waals surface area contributed by atoms with Crippen molar-refractivity contribution in [3.05, 3.63) is 53.6 Å². The van der Waals surface area contributed by atoms with Crippen LogP contribution in [0.5, 0.6) is 5.75 Å². The van der Waals surface area contributed by atoms with E-state index in [0.29, 0.717) is 44.0 Å². The second kappa shape index (κ2) is 10.3. The Balaban J connectivity index is 1.66. The highest BCUT2D eigenvalue weighted by Crippen LogP contribution is 2.43. The van der Waals surface area contributed by atoms with E-state index >= 15 is 0 Å². The van der Waals surface area contributed by atoms with Crippen LogP contribution in [-0.2, 0) is 14.8 Å². The van der Waals surface area contributed by atoms with Gasteiger partial charge in [0.05, 0.1) is 29.7 Å². The van der Waals surface area contributed by atoms with Gasteiger partial charge in [0.15, 0.2) is 0 Å². The highest BCUT2D eigenvalue weighted by Gasteiger charge is 2.40. The summed E-state index contributed by atoms with van der Waals surface area (Å²) in [6.07, 6.45) is 3.97. The summed E-state index contributed by atoms with van der Waals surface area (Å²) in [5.74, 6) is 0.545. The first kappa shape index (κ1) is 25.0. The van der Waals surface area contributed by atoms with Crippen molar-refractivity contribution in [3.63, 3.8) is 0 Å². The molecule has 2 aliphatic rings. The molecular weight excluding hydrogens is 472 g/mol. The summed E-state index contributed by atoms with van der Waals surface area (Å²) in [6, 6.07) is 12.0. The standard InChI is InChI=1S/C25H32N2O5S2/c1-4-25(5-2)17-21(19-8-6-7-9-22(19)32-25)26-34(29,30)18-10-11-23(33-3)20(16-18)24(28)27-12-14-31-15-13-27/h6-11,16,21,26H,4-5,12-15,17H2,1-3H3/t21-/m0/s1. The van der Waals surface area contributed by atoms with Gasteiger partial charge in [-0.1, -0.05) is 32.0 Å². The Labute approximate surface area is 206 Å². The predicted molar refractivity (Wildman–Crippen MR) is 133 cm³/mol. The van der Waals surface area contributed by atoms with Crippen molar-refractivity contribution in [2.24, 2.45) is 0 Å². The van der Waals surface area contributed by atoms with E-state index in [4.69, 9.17) is 9.47 Å². The van der Waals surface area contributed by atoms with E-state index in [9.17, 15) is 13.2 Å². The van der Waals surface area contributed by atoms with Crippen molar-refractivity contribution in [3.8, 4) is 5.75 Å². The first-order chi connectivity index (χ1) is 16.3. The van der Waals surface area contributed by atoms with Gasteiger partial charge in [-0.15, -0.1) is 11.8 Å². The lowest BCUT2D eigenvalue weighted by Crippen LogP contribution is -2.44. The fraction of sp³-hybridized carbons (Fsp3) is 0.480. The Morgan fingerprint density at radius 2 is 1.85 bits per heavy atom. The maximum absolute atomic E-state index is 13.5. The van der Waals surface area contributed by atoms with Crippen LogP contribution in [0.1, 0.15) is 55.1 Å². The zero-order valence-electron chi connectivity index (χ0n) is 19.9. The Kier molecular flexibility index (Phi) is 7.57. The Morgan fingerprint density at radius 3 is 2.53 bits per heavy atom. The van der Waals surface area contributed by atoms with Crippen molar-refractivity contribution in [2.75, 3.05) is 32.6 Å². The smallest absolute Gasteiger partial charge is 0.255 e. The van der Waals surface area contributed by atoms with Crippen LogP contribution in [0.25, 0.3) is 0 Å². The number of hydrogen-bond donors (Lipinski definition) is 1. The predicted octanol–water partition coefficient (Wildman–Crippen LogP) is 4.24. The topological polar surface area (TPSA) is 84.9 Å². The molecule has 0 aliphatic carbocycles. The van der Waals surface area contributed by atoms with Gasteiger partial charge in [-0.3, -0.25) is 4.79 Å². The molecule has 7 nitrogen and oxygen atoms in total. The van der Waals surface area contributed by atoms with Crippen LogP contribution in [0, 0.1) is 0 Å². The summed E-state index contributed by atoms with van der Waals surface area (Å²) in [7, 11) is -3.89. The summed E-state index contributed by atoms with van der Waals surface area (Å²) in [5, 5.41) is 0. The number of benzene rings is 2. The van der Waals surface area contributed by atoms with Gasteiger partial charge in [0, 0.05) is 30.0 Å². The summed E-state index contributed by atoms with van der Waals surface area (Å²) in [5.41, 5.74) is 0.803. The van der Waals surface area contributed by atoms with Crippen LogP contribution in [0.4, 0.5) is 0 Å². The second-order valence-corrected chi connectivity index (χ2v) is 11.2. The molecule has 2 aromatic carbocycles. The Bertz CT molecular complexity index is 1140. The summed E-state index contributed by atoms with van der Waals surface area (Å²) < 4.78 is 41.7. The third-order valence-electron chi connectivity index (χ3n) is 6.79. The quantitative estimate of drug-likeness (QED) is 0.568. The van der Waals surface area contributed by atoms with Gasteiger partial charge in [0.2, 0.25) is 10.0 Å². The monoisotopic (exact) mass is 504 g/mol. The van der Waals surface area contributed by atoms with Gasteiger partial charge < -0.3 is 14.4 Å². The second-order valence-electron chi connectivity index (χ2n) is 8.67. The first-order valence-electron chi connectivity index (χ1n) is 11.7.